The van der Waals surface area contributed by atoms with Crippen LogP contribution in [0.1, 0.15) is 11.1 Å². The molecule has 0 aliphatic carbocycles. The smallest absolute Gasteiger partial charge is 0.234 e. The van der Waals surface area contributed by atoms with Gasteiger partial charge in [-0.3, -0.25) is 0 Å². The van der Waals surface area contributed by atoms with Crippen LogP contribution in [0, 0.1) is 0 Å². The first-order chi connectivity index (χ1) is 12.5. The van der Waals surface area contributed by atoms with Crippen molar-refractivity contribution in [3.63, 3.8) is 0 Å². The maximum Gasteiger partial charge on any atom is 0.234 e. The molecule has 26 heavy (non-hydrogen) atoms. The summed E-state index contributed by atoms with van der Waals surface area (Å²) in [6.07, 6.45) is 3.31. The monoisotopic (exact) mass is 351 g/mol. The van der Waals surface area contributed by atoms with Crippen LogP contribution >= 0.6 is 0 Å². The second-order valence-electron chi connectivity index (χ2n) is 6.07. The van der Waals surface area contributed by atoms with Crippen molar-refractivity contribution in [1.82, 2.24) is 5.43 Å². The molecule has 3 N–H and O–H groups in total. The van der Waals surface area contributed by atoms with Crippen molar-refractivity contribution >= 4 is 29.8 Å². The van der Waals surface area contributed by atoms with Crippen molar-refractivity contribution in [2.75, 3.05) is 38.0 Å². The maximum absolute atomic E-state index is 5.73. The number of benzene rings is 2. The van der Waals surface area contributed by atoms with Gasteiger partial charge in [-0.05, 0) is 35.4 Å². The van der Waals surface area contributed by atoms with Crippen molar-refractivity contribution in [3.8, 4) is 0 Å². The summed E-state index contributed by atoms with van der Waals surface area (Å²) >= 11 is 0. The van der Waals surface area contributed by atoms with Gasteiger partial charge in [0.1, 0.15) is 0 Å². The summed E-state index contributed by atoms with van der Waals surface area (Å²) in [5.41, 5.74) is 12.5. The predicted octanol–water partition coefficient (Wildman–Crippen LogP) is 2.09. The molecule has 0 aliphatic rings. The fraction of sp³-hybridized carbons (Fsp3) is 0.211. The zero-order valence-corrected chi connectivity index (χ0v) is 15.6. The molecule has 0 radical (unpaired) electrons. The molecular weight excluding hydrogens is 326 g/mol. The molecule has 0 aliphatic heterocycles. The first-order valence-electron chi connectivity index (χ1n) is 8.16. The normalized spacial score (nSPS) is 11.9. The van der Waals surface area contributed by atoms with E-state index < -0.39 is 0 Å². The molecule has 7 heteroatoms. The van der Waals surface area contributed by atoms with E-state index in [1.54, 1.807) is 12.4 Å². The number of hydrazone groups is 1. The minimum Gasteiger partial charge on any atom is -0.378 e. The Hall–Kier alpha value is -3.35. The zero-order valence-electron chi connectivity index (χ0n) is 15.6. The maximum atomic E-state index is 5.73. The lowest BCUT2D eigenvalue weighted by atomic mass is 10.2. The highest BCUT2D eigenvalue weighted by Crippen LogP contribution is 2.11. The molecule has 0 bridgehead atoms. The third-order valence-corrected chi connectivity index (χ3v) is 3.58. The number of guanidine groups is 1. The highest BCUT2D eigenvalue weighted by molar-refractivity contribution is 5.84. The average Bonchev–Trinajstić information content (AvgIpc) is 2.62. The Bertz CT molecular complexity index is 773. The summed E-state index contributed by atoms with van der Waals surface area (Å²) in [5, 5.41) is 11.9. The Morgan fingerprint density at radius 3 is 1.73 bits per heavy atom. The summed E-state index contributed by atoms with van der Waals surface area (Å²) in [6.45, 7) is 0. The van der Waals surface area contributed by atoms with Crippen molar-refractivity contribution in [2.45, 2.75) is 0 Å². The van der Waals surface area contributed by atoms with Gasteiger partial charge in [0.05, 0.1) is 12.4 Å². The van der Waals surface area contributed by atoms with Crippen molar-refractivity contribution in [1.29, 1.82) is 0 Å². The van der Waals surface area contributed by atoms with Crippen LogP contribution < -0.4 is 21.0 Å². The molecule has 0 unspecified atom stereocenters. The molecule has 0 saturated heterocycles. The van der Waals surface area contributed by atoms with Gasteiger partial charge in [-0.25, -0.2) is 5.43 Å². The van der Waals surface area contributed by atoms with Gasteiger partial charge >= 0.3 is 0 Å². The summed E-state index contributed by atoms with van der Waals surface area (Å²) in [5.74, 6) is 0.118. The van der Waals surface area contributed by atoms with Crippen LogP contribution in [0.15, 0.2) is 63.8 Å². The quantitative estimate of drug-likeness (QED) is 0.474. The molecule has 2 aromatic carbocycles. The Balaban J connectivity index is 1.87. The van der Waals surface area contributed by atoms with Crippen LogP contribution in [0.2, 0.25) is 0 Å². The second kappa shape index (κ2) is 9.22. The number of nitrogens with zero attached hydrogens (tertiary/aromatic N) is 5. The lowest BCUT2D eigenvalue weighted by Crippen LogP contribution is -2.26. The molecule has 0 spiro atoms. The van der Waals surface area contributed by atoms with Crippen LogP contribution in [0.4, 0.5) is 11.4 Å². The van der Waals surface area contributed by atoms with Gasteiger partial charge in [-0.15, -0.1) is 5.10 Å². The van der Waals surface area contributed by atoms with Gasteiger partial charge in [0, 0.05) is 39.6 Å². The van der Waals surface area contributed by atoms with Gasteiger partial charge in [0.15, 0.2) is 0 Å². The third-order valence-electron chi connectivity index (χ3n) is 3.58. The molecule has 0 heterocycles. The summed E-state index contributed by atoms with van der Waals surface area (Å²) in [4.78, 5) is 4.07. The van der Waals surface area contributed by atoms with E-state index in [2.05, 4.69) is 20.7 Å². The molecule has 0 aromatic heterocycles. The molecule has 136 valence electrons. The lowest BCUT2D eigenvalue weighted by molar-refractivity contribution is 0.994. The van der Waals surface area contributed by atoms with E-state index in [4.69, 9.17) is 5.73 Å². The number of hydrogen-bond acceptors (Lipinski definition) is 5. The van der Waals surface area contributed by atoms with Crippen LogP contribution in [-0.4, -0.2) is 46.6 Å². The van der Waals surface area contributed by atoms with Gasteiger partial charge < -0.3 is 15.5 Å². The van der Waals surface area contributed by atoms with Gasteiger partial charge in [0.25, 0.3) is 0 Å². The Labute approximate surface area is 154 Å². The van der Waals surface area contributed by atoms with E-state index in [9.17, 15) is 0 Å². The SMILES string of the molecule is CN(C)c1ccc(/C=N\N=C(N)N/N=C\c2ccc(N(C)C)cc2)cc1. The Morgan fingerprint density at radius 1 is 0.808 bits per heavy atom. The average molecular weight is 351 g/mol. The molecule has 2 rings (SSSR count). The summed E-state index contributed by atoms with van der Waals surface area (Å²) in [6, 6.07) is 15.9. The number of hydrogen-bond donors (Lipinski definition) is 2. The molecular formula is C19H25N7. The van der Waals surface area contributed by atoms with Crippen LogP contribution in [0.3, 0.4) is 0 Å². The van der Waals surface area contributed by atoms with Gasteiger partial charge in [0.2, 0.25) is 5.96 Å². The van der Waals surface area contributed by atoms with Crippen molar-refractivity contribution < 1.29 is 0 Å². The minimum absolute atomic E-state index is 0.118. The highest BCUT2D eigenvalue weighted by Gasteiger charge is 1.95. The van der Waals surface area contributed by atoms with Gasteiger partial charge in [-0.2, -0.15) is 10.2 Å². The van der Waals surface area contributed by atoms with E-state index in [1.165, 1.54) is 0 Å². The predicted molar refractivity (Wildman–Crippen MR) is 111 cm³/mol. The largest absolute Gasteiger partial charge is 0.378 e. The molecule has 7 nitrogen and oxygen atoms in total. The van der Waals surface area contributed by atoms with Crippen LogP contribution in [0.5, 0.6) is 0 Å². The minimum atomic E-state index is 0.118. The Kier molecular flexibility index (Phi) is 6.73. The second-order valence-corrected chi connectivity index (χ2v) is 6.07. The lowest BCUT2D eigenvalue weighted by Gasteiger charge is -2.11. The van der Waals surface area contributed by atoms with E-state index in [-0.39, 0.29) is 5.96 Å². The molecule has 0 atom stereocenters. The fourth-order valence-electron chi connectivity index (χ4n) is 2.07. The first-order valence-corrected chi connectivity index (χ1v) is 8.16. The summed E-state index contributed by atoms with van der Waals surface area (Å²) < 4.78 is 0. The Morgan fingerprint density at radius 2 is 1.27 bits per heavy atom. The molecule has 0 fully saturated rings. The first kappa shape index (κ1) is 19.0. The topological polar surface area (TPSA) is 81.6 Å². The van der Waals surface area contributed by atoms with E-state index >= 15 is 0 Å². The number of nitrogens with one attached hydrogen (secondary N) is 1. The molecule has 0 saturated carbocycles. The van der Waals surface area contributed by atoms with Crippen LogP contribution in [-0.2, 0) is 0 Å². The van der Waals surface area contributed by atoms with E-state index in [1.807, 2.05) is 86.5 Å². The zero-order chi connectivity index (χ0) is 18.9. The number of nitrogens with two attached hydrogens (primary N) is 1. The third kappa shape index (κ3) is 5.94. The highest BCUT2D eigenvalue weighted by atomic mass is 15.4. The summed E-state index contributed by atoms with van der Waals surface area (Å²) in [7, 11) is 7.99. The number of anilines is 2. The van der Waals surface area contributed by atoms with E-state index in [0.29, 0.717) is 0 Å². The van der Waals surface area contributed by atoms with E-state index in [0.717, 1.165) is 22.5 Å². The molecule has 2 aromatic rings. The fourth-order valence-corrected chi connectivity index (χ4v) is 2.07. The van der Waals surface area contributed by atoms with Gasteiger partial charge in [-0.1, -0.05) is 24.3 Å². The standard InChI is InChI=1S/C19H25N7/c1-25(2)17-9-5-15(6-10-17)13-21-23-19(20)24-22-14-16-7-11-18(12-8-16)26(3)4/h5-14H,1-4H3,(H3,20,23,24)/b21-13-,22-14-. The van der Waals surface area contributed by atoms with Crippen molar-refractivity contribution in [2.24, 2.45) is 21.0 Å². The van der Waals surface area contributed by atoms with Crippen molar-refractivity contribution in [3.05, 3.63) is 59.7 Å². The van der Waals surface area contributed by atoms with Crippen LogP contribution in [0.25, 0.3) is 0 Å². The number of rotatable bonds is 6. The molecule has 0 amide bonds.